The average Bonchev–Trinajstić information content (AvgIpc) is 3.62. The highest BCUT2D eigenvalue weighted by Crippen LogP contribution is 2.45. The number of carboxylic acids is 2. The highest BCUT2D eigenvalue weighted by atomic mass is 19.4. The van der Waals surface area contributed by atoms with Crippen LogP contribution in [0.3, 0.4) is 0 Å². The summed E-state index contributed by atoms with van der Waals surface area (Å²) in [6.07, 6.45) is -3.70. The standard InChI is InChI=1S/C22H22N4O2.2C2HF3O2/c1-16-6-7-19(28-16)21(27)25-11-8-22(14-25)15-26(13-17-4-2-9-23-12-17)18-5-3-10-24-20(18)22;2*3-2(4,5)1(6)7/h2-7,9-10,12H,8,11,13-15H2,1H3;2*(H,6,7). The molecular weight excluding hydrogens is 578 g/mol. The van der Waals surface area contributed by atoms with E-state index in [0.717, 1.165) is 43.2 Å². The zero-order valence-corrected chi connectivity index (χ0v) is 21.8. The number of hydrogen-bond donors (Lipinski definition) is 2. The van der Waals surface area contributed by atoms with Crippen molar-refractivity contribution in [3.05, 3.63) is 77.8 Å². The molecule has 1 amide bonds. The van der Waals surface area contributed by atoms with Crippen LogP contribution in [-0.4, -0.2) is 74.9 Å². The number of fused-ring (bicyclic) bond motifs is 2. The SMILES string of the molecule is Cc1ccc(C(=O)N2CCC3(C2)CN(Cc2cccnc2)c2cccnc23)o1.O=C(O)C(F)(F)F.O=C(O)C(F)(F)F. The molecule has 1 unspecified atom stereocenters. The summed E-state index contributed by atoms with van der Waals surface area (Å²) in [6, 6.07) is 11.8. The molecule has 0 bridgehead atoms. The highest BCUT2D eigenvalue weighted by Gasteiger charge is 2.49. The smallest absolute Gasteiger partial charge is 0.475 e. The molecule has 0 saturated carbocycles. The van der Waals surface area contributed by atoms with Crippen LogP contribution in [0, 0.1) is 6.92 Å². The second-order valence-electron chi connectivity index (χ2n) is 9.36. The molecule has 3 aromatic rings. The third-order valence-corrected chi connectivity index (χ3v) is 6.30. The van der Waals surface area contributed by atoms with Crippen molar-refractivity contribution in [3.63, 3.8) is 0 Å². The first-order chi connectivity index (χ1) is 19.5. The summed E-state index contributed by atoms with van der Waals surface area (Å²) in [5.74, 6) is -4.37. The number of halogens is 6. The number of alkyl halides is 6. The topological polar surface area (TPSA) is 137 Å². The molecule has 1 spiro atoms. The molecule has 0 aliphatic carbocycles. The number of aromatic nitrogens is 2. The van der Waals surface area contributed by atoms with Gasteiger partial charge in [-0.2, -0.15) is 26.3 Å². The molecule has 5 heterocycles. The van der Waals surface area contributed by atoms with E-state index in [0.29, 0.717) is 12.3 Å². The largest absolute Gasteiger partial charge is 0.490 e. The molecule has 2 aliphatic heterocycles. The van der Waals surface area contributed by atoms with Gasteiger partial charge in [0.25, 0.3) is 5.91 Å². The van der Waals surface area contributed by atoms with Crippen LogP contribution in [0.4, 0.5) is 32.0 Å². The zero-order valence-electron chi connectivity index (χ0n) is 21.8. The van der Waals surface area contributed by atoms with E-state index in [1.54, 1.807) is 12.3 Å². The minimum atomic E-state index is -5.08. The van der Waals surface area contributed by atoms with E-state index in [9.17, 15) is 31.1 Å². The fourth-order valence-electron chi connectivity index (χ4n) is 4.51. The van der Waals surface area contributed by atoms with Gasteiger partial charge < -0.3 is 24.4 Å². The minimum Gasteiger partial charge on any atom is -0.475 e. The van der Waals surface area contributed by atoms with E-state index >= 15 is 0 Å². The van der Waals surface area contributed by atoms with Gasteiger partial charge in [-0.05, 0) is 49.2 Å². The number of aliphatic carboxylic acids is 2. The number of carbonyl (C=O) groups is 3. The number of carbonyl (C=O) groups excluding carboxylic acids is 1. The van der Waals surface area contributed by atoms with Crippen molar-refractivity contribution >= 4 is 23.5 Å². The number of furan rings is 1. The molecule has 42 heavy (non-hydrogen) atoms. The molecule has 1 fully saturated rings. The Balaban J connectivity index is 0.000000289. The third-order valence-electron chi connectivity index (χ3n) is 6.30. The van der Waals surface area contributed by atoms with Gasteiger partial charge in [-0.15, -0.1) is 0 Å². The number of rotatable bonds is 3. The molecule has 1 atom stereocenters. The Morgan fingerprint density at radius 3 is 2.10 bits per heavy atom. The summed E-state index contributed by atoms with van der Waals surface area (Å²) >= 11 is 0. The molecule has 0 radical (unpaired) electrons. The lowest BCUT2D eigenvalue weighted by atomic mass is 9.85. The summed E-state index contributed by atoms with van der Waals surface area (Å²) in [5.41, 5.74) is 3.31. The van der Waals surface area contributed by atoms with Crippen molar-refractivity contribution in [2.45, 2.75) is 37.7 Å². The summed E-state index contributed by atoms with van der Waals surface area (Å²) in [6.45, 7) is 4.89. The van der Waals surface area contributed by atoms with Crippen LogP contribution in [0.25, 0.3) is 0 Å². The van der Waals surface area contributed by atoms with Crippen molar-refractivity contribution in [2.24, 2.45) is 0 Å². The maximum atomic E-state index is 12.9. The normalized spacial score (nSPS) is 17.6. The van der Waals surface area contributed by atoms with Gasteiger partial charge in [0.2, 0.25) is 0 Å². The molecule has 5 rings (SSSR count). The van der Waals surface area contributed by atoms with Gasteiger partial charge >= 0.3 is 24.3 Å². The van der Waals surface area contributed by atoms with E-state index in [1.165, 1.54) is 5.56 Å². The molecule has 16 heteroatoms. The van der Waals surface area contributed by atoms with Crippen LogP contribution in [0.2, 0.25) is 0 Å². The lowest BCUT2D eigenvalue weighted by Gasteiger charge is -2.25. The second-order valence-corrected chi connectivity index (χ2v) is 9.36. The zero-order chi connectivity index (χ0) is 31.3. The number of amides is 1. The number of likely N-dealkylation sites (tertiary alicyclic amines) is 1. The highest BCUT2D eigenvalue weighted by molar-refractivity contribution is 5.92. The number of anilines is 1. The molecular formula is C26H24F6N4O6. The average molecular weight is 602 g/mol. The Morgan fingerprint density at radius 2 is 1.57 bits per heavy atom. The maximum Gasteiger partial charge on any atom is 0.490 e. The van der Waals surface area contributed by atoms with Gasteiger partial charge in [-0.3, -0.25) is 14.8 Å². The van der Waals surface area contributed by atoms with Crippen LogP contribution in [0.15, 0.2) is 59.4 Å². The second kappa shape index (κ2) is 12.5. The van der Waals surface area contributed by atoms with Gasteiger partial charge in [-0.25, -0.2) is 9.59 Å². The van der Waals surface area contributed by atoms with E-state index in [2.05, 4.69) is 22.0 Å². The molecule has 1 saturated heterocycles. The van der Waals surface area contributed by atoms with E-state index in [1.807, 2.05) is 42.4 Å². The first-order valence-electron chi connectivity index (χ1n) is 12.1. The lowest BCUT2D eigenvalue weighted by molar-refractivity contribution is -0.193. The molecule has 226 valence electrons. The molecule has 2 N–H and O–H groups in total. The predicted molar refractivity (Wildman–Crippen MR) is 133 cm³/mol. The van der Waals surface area contributed by atoms with Gasteiger partial charge in [-0.1, -0.05) is 6.07 Å². The molecule has 3 aromatic heterocycles. The van der Waals surface area contributed by atoms with Crippen LogP contribution < -0.4 is 4.90 Å². The quantitative estimate of drug-likeness (QED) is 0.417. The van der Waals surface area contributed by atoms with Gasteiger partial charge in [0, 0.05) is 44.8 Å². The van der Waals surface area contributed by atoms with Crippen molar-refractivity contribution < 1.29 is 55.4 Å². The number of nitrogens with zero attached hydrogens (tertiary/aromatic N) is 4. The lowest BCUT2D eigenvalue weighted by Crippen LogP contribution is -2.38. The van der Waals surface area contributed by atoms with Crippen molar-refractivity contribution in [1.29, 1.82) is 0 Å². The minimum absolute atomic E-state index is 0.0341. The van der Waals surface area contributed by atoms with Gasteiger partial charge in [0.05, 0.1) is 16.8 Å². The van der Waals surface area contributed by atoms with Crippen LogP contribution in [0.5, 0.6) is 0 Å². The Kier molecular flexibility index (Phi) is 9.48. The van der Waals surface area contributed by atoms with Crippen LogP contribution in [-0.2, 0) is 21.5 Å². The first kappa shape index (κ1) is 31.9. The summed E-state index contributed by atoms with van der Waals surface area (Å²) in [5, 5.41) is 14.2. The number of carboxylic acid groups (broad SMARTS) is 2. The third kappa shape index (κ3) is 7.76. The monoisotopic (exact) mass is 602 g/mol. The van der Waals surface area contributed by atoms with Crippen molar-refractivity contribution in [3.8, 4) is 0 Å². The molecule has 10 nitrogen and oxygen atoms in total. The van der Waals surface area contributed by atoms with E-state index in [4.69, 9.17) is 29.2 Å². The fraction of sp³-hybridized carbons (Fsp3) is 0.346. The Bertz CT molecular complexity index is 1390. The fourth-order valence-corrected chi connectivity index (χ4v) is 4.51. The first-order valence-corrected chi connectivity index (χ1v) is 12.1. The Labute approximate surface area is 234 Å². The molecule has 2 aliphatic rings. The summed E-state index contributed by atoms with van der Waals surface area (Å²) in [4.78, 5) is 43.9. The maximum absolute atomic E-state index is 12.9. The van der Waals surface area contributed by atoms with E-state index < -0.39 is 24.3 Å². The van der Waals surface area contributed by atoms with Crippen molar-refractivity contribution in [1.82, 2.24) is 14.9 Å². The van der Waals surface area contributed by atoms with E-state index in [-0.39, 0.29) is 11.3 Å². The summed E-state index contributed by atoms with van der Waals surface area (Å²) in [7, 11) is 0. The number of pyridine rings is 2. The van der Waals surface area contributed by atoms with Gasteiger partial charge in [0.1, 0.15) is 5.76 Å². The van der Waals surface area contributed by atoms with Crippen molar-refractivity contribution in [2.75, 3.05) is 24.5 Å². The molecule has 0 aromatic carbocycles. The number of aryl methyl sites for hydroxylation is 1. The predicted octanol–water partition coefficient (Wildman–Crippen LogP) is 4.45. The van der Waals surface area contributed by atoms with Gasteiger partial charge in [0.15, 0.2) is 5.76 Å². The Hall–Kier alpha value is -4.63. The summed E-state index contributed by atoms with van der Waals surface area (Å²) < 4.78 is 69.0. The Morgan fingerprint density at radius 1 is 0.952 bits per heavy atom. The number of hydrogen-bond acceptors (Lipinski definition) is 7. The van der Waals surface area contributed by atoms with Crippen LogP contribution in [0.1, 0.15) is 34.0 Å². The van der Waals surface area contributed by atoms with Crippen LogP contribution >= 0.6 is 0 Å².